The summed E-state index contributed by atoms with van der Waals surface area (Å²) in [4.78, 5) is 6.88. The molecule has 0 atom stereocenters. The molecule has 1 aliphatic heterocycles. The van der Waals surface area contributed by atoms with E-state index in [0.717, 1.165) is 35.5 Å². The second-order valence-electron chi connectivity index (χ2n) is 3.96. The van der Waals surface area contributed by atoms with E-state index in [2.05, 4.69) is 22.0 Å². The molecule has 3 heteroatoms. The number of aromatic nitrogens is 1. The van der Waals surface area contributed by atoms with Gasteiger partial charge in [0.2, 0.25) is 0 Å². The number of pyridine rings is 1. The second-order valence-corrected chi connectivity index (χ2v) is 3.96. The van der Waals surface area contributed by atoms with Crippen LogP contribution in [0.1, 0.15) is 6.42 Å². The topological polar surface area (TPSA) is 42.1 Å². The number of nitrogen functional groups attached to an aromatic ring is 1. The van der Waals surface area contributed by atoms with Gasteiger partial charge >= 0.3 is 0 Å². The van der Waals surface area contributed by atoms with Gasteiger partial charge < -0.3 is 10.6 Å². The normalized spacial score (nSPS) is 15.3. The van der Waals surface area contributed by atoms with E-state index >= 15 is 0 Å². The molecule has 0 aliphatic carbocycles. The Hall–Kier alpha value is -1.77. The van der Waals surface area contributed by atoms with Crippen molar-refractivity contribution >= 4 is 22.4 Å². The summed E-state index contributed by atoms with van der Waals surface area (Å²) in [6, 6.07) is 10.0. The van der Waals surface area contributed by atoms with Gasteiger partial charge in [0.25, 0.3) is 0 Å². The summed E-state index contributed by atoms with van der Waals surface area (Å²) in [6.45, 7) is 2.25. The first kappa shape index (κ1) is 8.53. The lowest BCUT2D eigenvalue weighted by molar-refractivity contribution is 0.611. The number of nitrogens with two attached hydrogens (primary N) is 1. The van der Waals surface area contributed by atoms with Gasteiger partial charge in [-0.1, -0.05) is 6.07 Å². The van der Waals surface area contributed by atoms with Crippen LogP contribution in [-0.2, 0) is 0 Å². The molecule has 1 saturated heterocycles. The third-order valence-corrected chi connectivity index (χ3v) is 2.88. The summed E-state index contributed by atoms with van der Waals surface area (Å²) in [7, 11) is 0. The van der Waals surface area contributed by atoms with Crippen LogP contribution in [0.25, 0.3) is 10.9 Å². The fraction of sp³-hybridized carbons (Fsp3) is 0.250. The van der Waals surface area contributed by atoms with Crippen LogP contribution in [-0.4, -0.2) is 18.1 Å². The third-order valence-electron chi connectivity index (χ3n) is 2.88. The lowest BCUT2D eigenvalue weighted by Gasteiger charge is -2.32. The van der Waals surface area contributed by atoms with Crippen LogP contribution in [0, 0.1) is 0 Å². The average molecular weight is 199 g/mol. The maximum Gasteiger partial charge on any atom is 0.129 e. The lowest BCUT2D eigenvalue weighted by atomic mass is 10.2. The van der Waals surface area contributed by atoms with E-state index < -0.39 is 0 Å². The van der Waals surface area contributed by atoms with E-state index in [4.69, 9.17) is 5.73 Å². The molecule has 2 N–H and O–H groups in total. The average Bonchev–Trinajstić information content (AvgIpc) is 2.14. The van der Waals surface area contributed by atoms with Crippen molar-refractivity contribution in [1.29, 1.82) is 0 Å². The molecule has 0 amide bonds. The molecule has 1 aliphatic rings. The molecular weight excluding hydrogens is 186 g/mol. The summed E-state index contributed by atoms with van der Waals surface area (Å²) in [5.41, 5.74) is 7.50. The van der Waals surface area contributed by atoms with Gasteiger partial charge in [0.1, 0.15) is 5.82 Å². The molecule has 0 saturated carbocycles. The van der Waals surface area contributed by atoms with Crippen LogP contribution in [0.5, 0.6) is 0 Å². The van der Waals surface area contributed by atoms with Gasteiger partial charge in [-0.25, -0.2) is 4.98 Å². The van der Waals surface area contributed by atoms with E-state index in [1.807, 2.05) is 18.2 Å². The minimum absolute atomic E-state index is 0.774. The molecule has 3 nitrogen and oxygen atoms in total. The minimum Gasteiger partial charge on any atom is -0.399 e. The SMILES string of the molecule is Nc1ccc2ccc(N3CCC3)nc2c1. The van der Waals surface area contributed by atoms with E-state index in [1.165, 1.54) is 6.42 Å². The Morgan fingerprint density at radius 1 is 1.13 bits per heavy atom. The number of hydrogen-bond acceptors (Lipinski definition) is 3. The fourth-order valence-corrected chi connectivity index (χ4v) is 1.84. The number of hydrogen-bond donors (Lipinski definition) is 1. The number of rotatable bonds is 1. The van der Waals surface area contributed by atoms with Crippen LogP contribution < -0.4 is 10.6 Å². The molecule has 0 spiro atoms. The summed E-state index contributed by atoms with van der Waals surface area (Å²) in [5.74, 6) is 1.07. The van der Waals surface area contributed by atoms with Gasteiger partial charge in [0.15, 0.2) is 0 Å². The summed E-state index contributed by atoms with van der Waals surface area (Å²) < 4.78 is 0. The molecule has 0 radical (unpaired) electrons. The Morgan fingerprint density at radius 3 is 2.67 bits per heavy atom. The van der Waals surface area contributed by atoms with Crippen LogP contribution in [0.4, 0.5) is 11.5 Å². The highest BCUT2D eigenvalue weighted by atomic mass is 15.2. The highest BCUT2D eigenvalue weighted by Gasteiger charge is 2.15. The van der Waals surface area contributed by atoms with E-state index in [9.17, 15) is 0 Å². The first-order chi connectivity index (χ1) is 7.33. The van der Waals surface area contributed by atoms with Gasteiger partial charge in [0, 0.05) is 24.2 Å². The Morgan fingerprint density at radius 2 is 1.93 bits per heavy atom. The lowest BCUT2D eigenvalue weighted by Crippen LogP contribution is -2.37. The van der Waals surface area contributed by atoms with Crippen molar-refractivity contribution in [3.8, 4) is 0 Å². The number of anilines is 2. The van der Waals surface area contributed by atoms with Gasteiger partial charge in [-0.3, -0.25) is 0 Å². The maximum absolute atomic E-state index is 5.74. The van der Waals surface area contributed by atoms with Crippen molar-refractivity contribution < 1.29 is 0 Å². The van der Waals surface area contributed by atoms with Crippen molar-refractivity contribution in [2.75, 3.05) is 23.7 Å². The smallest absolute Gasteiger partial charge is 0.129 e. The Bertz CT molecular complexity index is 503. The molecule has 1 aromatic heterocycles. The first-order valence-electron chi connectivity index (χ1n) is 5.24. The van der Waals surface area contributed by atoms with Gasteiger partial charge in [-0.05, 0) is 30.7 Å². The first-order valence-corrected chi connectivity index (χ1v) is 5.24. The van der Waals surface area contributed by atoms with E-state index in [0.29, 0.717) is 0 Å². The number of nitrogens with zero attached hydrogens (tertiary/aromatic N) is 2. The van der Waals surface area contributed by atoms with Crippen LogP contribution in [0.3, 0.4) is 0 Å². The Labute approximate surface area is 88.5 Å². The van der Waals surface area contributed by atoms with Gasteiger partial charge in [-0.15, -0.1) is 0 Å². The fourth-order valence-electron chi connectivity index (χ4n) is 1.84. The van der Waals surface area contributed by atoms with E-state index in [-0.39, 0.29) is 0 Å². The molecule has 0 unspecified atom stereocenters. The summed E-state index contributed by atoms with van der Waals surface area (Å²) in [5, 5.41) is 1.15. The number of fused-ring (bicyclic) bond motifs is 1. The minimum atomic E-state index is 0.774. The molecule has 3 rings (SSSR count). The van der Waals surface area contributed by atoms with Crippen LogP contribution in [0.15, 0.2) is 30.3 Å². The highest BCUT2D eigenvalue weighted by Crippen LogP contribution is 2.22. The van der Waals surface area contributed by atoms with E-state index in [1.54, 1.807) is 0 Å². The molecular formula is C12H13N3. The van der Waals surface area contributed by atoms with Gasteiger partial charge in [-0.2, -0.15) is 0 Å². The quantitative estimate of drug-likeness (QED) is 0.714. The van der Waals surface area contributed by atoms with Crippen molar-refractivity contribution in [2.45, 2.75) is 6.42 Å². The molecule has 2 aromatic rings. The van der Waals surface area contributed by atoms with Crippen molar-refractivity contribution in [3.05, 3.63) is 30.3 Å². The predicted octanol–water partition coefficient (Wildman–Crippen LogP) is 2.03. The summed E-state index contributed by atoms with van der Waals surface area (Å²) in [6.07, 6.45) is 1.27. The van der Waals surface area contributed by atoms with Crippen LogP contribution in [0.2, 0.25) is 0 Å². The van der Waals surface area contributed by atoms with Gasteiger partial charge in [0.05, 0.1) is 5.52 Å². The van der Waals surface area contributed by atoms with Crippen molar-refractivity contribution in [3.63, 3.8) is 0 Å². The zero-order valence-electron chi connectivity index (χ0n) is 8.48. The summed E-state index contributed by atoms with van der Waals surface area (Å²) >= 11 is 0. The molecule has 2 heterocycles. The predicted molar refractivity (Wildman–Crippen MR) is 63.0 cm³/mol. The molecule has 1 aromatic carbocycles. The maximum atomic E-state index is 5.74. The molecule has 15 heavy (non-hydrogen) atoms. The molecule has 76 valence electrons. The Kier molecular flexibility index (Phi) is 1.78. The molecule has 1 fully saturated rings. The standard InChI is InChI=1S/C12H13N3/c13-10-4-2-9-3-5-12(14-11(9)8-10)15-6-1-7-15/h2-5,8H,1,6-7,13H2. The molecule has 0 bridgehead atoms. The second kappa shape index (κ2) is 3.12. The third kappa shape index (κ3) is 1.40. The zero-order chi connectivity index (χ0) is 10.3. The largest absolute Gasteiger partial charge is 0.399 e. The number of benzene rings is 1. The van der Waals surface area contributed by atoms with Crippen molar-refractivity contribution in [1.82, 2.24) is 4.98 Å². The zero-order valence-corrected chi connectivity index (χ0v) is 8.48. The monoisotopic (exact) mass is 199 g/mol. The van der Waals surface area contributed by atoms with Crippen LogP contribution >= 0.6 is 0 Å². The highest BCUT2D eigenvalue weighted by molar-refractivity contribution is 5.83. The van der Waals surface area contributed by atoms with Crippen molar-refractivity contribution in [2.24, 2.45) is 0 Å². The Balaban J connectivity index is 2.11.